The number of ether oxygens (including phenoxy) is 2. The standard InChI is InChI=1S/C22H23N3O6S2/c1-6-9-31-22(29)16-12(5)14(21(28)30-8-3)19(33-16)24-17(26)15-11(4)13-18(32-15)23-10-25(7-2)20(13)27/h6,10H,1,7-9H2,2-5H3,(H,24,26). The molecular formula is C22H23N3O6S2. The molecule has 0 saturated heterocycles. The van der Waals surface area contributed by atoms with Crippen molar-refractivity contribution in [3.8, 4) is 0 Å². The topological polar surface area (TPSA) is 117 Å². The maximum absolute atomic E-state index is 13.2. The molecule has 9 nitrogen and oxygen atoms in total. The number of amides is 1. The van der Waals surface area contributed by atoms with Crippen molar-refractivity contribution in [2.45, 2.75) is 34.2 Å². The van der Waals surface area contributed by atoms with E-state index in [9.17, 15) is 19.2 Å². The Balaban J connectivity index is 2.04. The molecule has 0 radical (unpaired) electrons. The quantitative estimate of drug-likeness (QED) is 0.376. The van der Waals surface area contributed by atoms with Crippen LogP contribution in [0.15, 0.2) is 23.8 Å². The zero-order valence-corrected chi connectivity index (χ0v) is 20.3. The number of carbonyl (C=O) groups excluding carboxylic acids is 3. The molecule has 3 aromatic heterocycles. The van der Waals surface area contributed by atoms with Crippen molar-refractivity contribution in [3.05, 3.63) is 55.8 Å². The summed E-state index contributed by atoms with van der Waals surface area (Å²) in [6.45, 7) is 10.9. The van der Waals surface area contributed by atoms with Gasteiger partial charge in [0.05, 0.1) is 28.8 Å². The Morgan fingerprint density at radius 1 is 1.12 bits per heavy atom. The molecule has 0 saturated carbocycles. The van der Waals surface area contributed by atoms with Crippen molar-refractivity contribution in [3.63, 3.8) is 0 Å². The monoisotopic (exact) mass is 489 g/mol. The third kappa shape index (κ3) is 4.60. The summed E-state index contributed by atoms with van der Waals surface area (Å²) in [5, 5.41) is 3.26. The molecule has 0 atom stereocenters. The Morgan fingerprint density at radius 2 is 1.85 bits per heavy atom. The molecular weight excluding hydrogens is 466 g/mol. The molecule has 3 aromatic rings. The largest absolute Gasteiger partial charge is 0.462 e. The van der Waals surface area contributed by atoms with E-state index in [4.69, 9.17) is 9.47 Å². The number of fused-ring (bicyclic) bond motifs is 1. The zero-order valence-electron chi connectivity index (χ0n) is 18.6. The van der Waals surface area contributed by atoms with Crippen molar-refractivity contribution in [1.82, 2.24) is 9.55 Å². The van der Waals surface area contributed by atoms with Crippen LogP contribution in [0.25, 0.3) is 10.2 Å². The first kappa shape index (κ1) is 24.3. The van der Waals surface area contributed by atoms with Gasteiger partial charge in [-0.1, -0.05) is 12.7 Å². The third-order valence-electron chi connectivity index (χ3n) is 4.84. The van der Waals surface area contributed by atoms with Crippen LogP contribution in [-0.2, 0) is 16.0 Å². The van der Waals surface area contributed by atoms with E-state index in [1.165, 1.54) is 17.0 Å². The second kappa shape index (κ2) is 10.1. The van der Waals surface area contributed by atoms with Gasteiger partial charge in [-0.05, 0) is 38.8 Å². The van der Waals surface area contributed by atoms with Gasteiger partial charge in [0.25, 0.3) is 11.5 Å². The molecule has 0 aromatic carbocycles. The van der Waals surface area contributed by atoms with Crippen LogP contribution in [0, 0.1) is 13.8 Å². The van der Waals surface area contributed by atoms with E-state index >= 15 is 0 Å². The summed E-state index contributed by atoms with van der Waals surface area (Å²) >= 11 is 2.01. The predicted octanol–water partition coefficient (Wildman–Crippen LogP) is 3.93. The molecule has 33 heavy (non-hydrogen) atoms. The Hall–Kier alpha value is -3.31. The molecule has 0 aliphatic heterocycles. The molecule has 0 fully saturated rings. The maximum Gasteiger partial charge on any atom is 0.348 e. The highest BCUT2D eigenvalue weighted by Crippen LogP contribution is 2.36. The summed E-state index contributed by atoms with van der Waals surface area (Å²) in [5.74, 6) is -1.81. The van der Waals surface area contributed by atoms with Crippen molar-refractivity contribution >= 4 is 55.7 Å². The molecule has 0 unspecified atom stereocenters. The number of esters is 2. The van der Waals surface area contributed by atoms with Crippen LogP contribution >= 0.6 is 22.7 Å². The molecule has 11 heteroatoms. The molecule has 0 aliphatic carbocycles. The molecule has 1 N–H and O–H groups in total. The van der Waals surface area contributed by atoms with E-state index in [-0.39, 0.29) is 34.2 Å². The van der Waals surface area contributed by atoms with Crippen molar-refractivity contribution in [1.29, 1.82) is 0 Å². The van der Waals surface area contributed by atoms with Gasteiger partial charge in [0.15, 0.2) is 0 Å². The van der Waals surface area contributed by atoms with Gasteiger partial charge in [-0.2, -0.15) is 0 Å². The molecule has 0 aliphatic rings. The minimum absolute atomic E-state index is 0.00980. The summed E-state index contributed by atoms with van der Waals surface area (Å²) in [7, 11) is 0. The fraction of sp³-hybridized carbons (Fsp3) is 0.318. The fourth-order valence-corrected chi connectivity index (χ4v) is 5.32. The van der Waals surface area contributed by atoms with E-state index < -0.39 is 17.8 Å². The third-order valence-corrected chi connectivity index (χ3v) is 7.22. The number of nitrogens with zero attached hydrogens (tertiary/aromatic N) is 2. The first-order chi connectivity index (χ1) is 15.7. The molecule has 0 bridgehead atoms. The van der Waals surface area contributed by atoms with E-state index in [1.807, 2.05) is 6.92 Å². The predicted molar refractivity (Wildman–Crippen MR) is 128 cm³/mol. The van der Waals surface area contributed by atoms with E-state index in [2.05, 4.69) is 16.9 Å². The van der Waals surface area contributed by atoms with Crippen LogP contribution < -0.4 is 10.9 Å². The van der Waals surface area contributed by atoms with Gasteiger partial charge in [0.2, 0.25) is 0 Å². The average molecular weight is 490 g/mol. The second-order valence-corrected chi connectivity index (χ2v) is 8.91. The maximum atomic E-state index is 13.2. The number of hydrogen-bond acceptors (Lipinski definition) is 9. The Bertz CT molecular complexity index is 1320. The highest BCUT2D eigenvalue weighted by atomic mass is 32.1. The minimum atomic E-state index is -0.662. The van der Waals surface area contributed by atoms with Gasteiger partial charge in [0.1, 0.15) is 21.3 Å². The van der Waals surface area contributed by atoms with Crippen molar-refractivity contribution < 1.29 is 23.9 Å². The molecule has 3 rings (SSSR count). The first-order valence-corrected chi connectivity index (χ1v) is 11.8. The van der Waals surface area contributed by atoms with Crippen LogP contribution in [-0.4, -0.2) is 40.6 Å². The number of hydrogen-bond donors (Lipinski definition) is 1. The zero-order chi connectivity index (χ0) is 24.3. The smallest absolute Gasteiger partial charge is 0.348 e. The van der Waals surface area contributed by atoms with E-state index in [0.717, 1.165) is 22.7 Å². The van der Waals surface area contributed by atoms with Crippen LogP contribution in [0.2, 0.25) is 0 Å². The molecule has 174 valence electrons. The van der Waals surface area contributed by atoms with Crippen LogP contribution in [0.1, 0.15) is 54.7 Å². The van der Waals surface area contributed by atoms with E-state index in [1.54, 1.807) is 20.8 Å². The first-order valence-electron chi connectivity index (χ1n) is 10.1. The highest BCUT2D eigenvalue weighted by Gasteiger charge is 2.28. The summed E-state index contributed by atoms with van der Waals surface area (Å²) in [5.41, 5.74) is 0.723. The highest BCUT2D eigenvalue weighted by molar-refractivity contribution is 7.21. The normalized spacial score (nSPS) is 10.8. The summed E-state index contributed by atoms with van der Waals surface area (Å²) in [4.78, 5) is 56.1. The summed E-state index contributed by atoms with van der Waals surface area (Å²) in [6.07, 6.45) is 2.88. The van der Waals surface area contributed by atoms with Crippen molar-refractivity contribution in [2.24, 2.45) is 0 Å². The lowest BCUT2D eigenvalue weighted by atomic mass is 10.1. The second-order valence-electron chi connectivity index (χ2n) is 6.89. The van der Waals surface area contributed by atoms with Gasteiger partial charge in [0, 0.05) is 6.54 Å². The number of carbonyl (C=O) groups is 3. The van der Waals surface area contributed by atoms with Crippen LogP contribution in [0.4, 0.5) is 5.00 Å². The summed E-state index contributed by atoms with van der Waals surface area (Å²) in [6, 6.07) is 0. The van der Waals surface area contributed by atoms with E-state index in [0.29, 0.717) is 32.8 Å². The molecule has 1 amide bonds. The number of anilines is 1. The number of rotatable bonds is 8. The number of nitrogens with one attached hydrogen (secondary N) is 1. The molecule has 3 heterocycles. The SMILES string of the molecule is C=CCOC(=O)c1sc(NC(=O)c2sc3ncn(CC)c(=O)c3c2C)c(C(=O)OCC)c1C. The van der Waals surface area contributed by atoms with Gasteiger partial charge in [-0.15, -0.1) is 22.7 Å². The number of aromatic nitrogens is 2. The van der Waals surface area contributed by atoms with Gasteiger partial charge in [-0.3, -0.25) is 14.2 Å². The fourth-order valence-electron chi connectivity index (χ4n) is 3.21. The average Bonchev–Trinajstić information content (AvgIpc) is 3.29. The lowest BCUT2D eigenvalue weighted by Crippen LogP contribution is -2.19. The lowest BCUT2D eigenvalue weighted by Gasteiger charge is -2.07. The van der Waals surface area contributed by atoms with Gasteiger partial charge < -0.3 is 14.8 Å². The minimum Gasteiger partial charge on any atom is -0.462 e. The van der Waals surface area contributed by atoms with Crippen LogP contribution in [0.5, 0.6) is 0 Å². The Labute approximate surface area is 197 Å². The van der Waals surface area contributed by atoms with Crippen LogP contribution in [0.3, 0.4) is 0 Å². The Kier molecular flexibility index (Phi) is 7.44. The number of aryl methyl sites for hydroxylation is 2. The van der Waals surface area contributed by atoms with Gasteiger partial charge in [-0.25, -0.2) is 14.6 Å². The number of thiophene rings is 2. The Morgan fingerprint density at radius 3 is 2.48 bits per heavy atom. The van der Waals surface area contributed by atoms with Gasteiger partial charge >= 0.3 is 11.9 Å². The van der Waals surface area contributed by atoms with Crippen molar-refractivity contribution in [2.75, 3.05) is 18.5 Å². The molecule has 0 spiro atoms. The lowest BCUT2D eigenvalue weighted by molar-refractivity contribution is 0.0527. The summed E-state index contributed by atoms with van der Waals surface area (Å²) < 4.78 is 11.7.